The van der Waals surface area contributed by atoms with E-state index in [-0.39, 0.29) is 17.8 Å². The number of nitrogens with one attached hydrogen (secondary N) is 1. The van der Waals surface area contributed by atoms with Crippen molar-refractivity contribution in [3.63, 3.8) is 0 Å². The van der Waals surface area contributed by atoms with Gasteiger partial charge in [0.15, 0.2) is 9.84 Å². The standard InChI is InChI=1S/C17H26FNO4S/c1-11(2)16(19-17(20)23-12(3)4)10-24(21,22)13(5)14-7-6-8-15(18)9-14/h6-9,11-13,16H,10H2,1-5H3,(H,19,20). The molecule has 0 spiro atoms. The van der Waals surface area contributed by atoms with E-state index in [1.807, 2.05) is 13.8 Å². The Bertz CT molecular complexity index is 658. The van der Waals surface area contributed by atoms with E-state index < -0.39 is 33.0 Å². The third-order valence-electron chi connectivity index (χ3n) is 3.72. The van der Waals surface area contributed by atoms with Crippen molar-refractivity contribution in [2.45, 2.75) is 52.0 Å². The SMILES string of the molecule is CC(C)OC(=O)NC(CS(=O)(=O)C(C)c1cccc(F)c1)C(C)C. The summed E-state index contributed by atoms with van der Waals surface area (Å²) in [4.78, 5) is 11.8. The van der Waals surface area contributed by atoms with E-state index in [9.17, 15) is 17.6 Å². The lowest BCUT2D eigenvalue weighted by atomic mass is 10.1. The highest BCUT2D eigenvalue weighted by molar-refractivity contribution is 7.91. The second-order valence-corrected chi connectivity index (χ2v) is 8.84. The molecule has 1 rings (SSSR count). The topological polar surface area (TPSA) is 72.5 Å². The van der Waals surface area contributed by atoms with Gasteiger partial charge in [-0.2, -0.15) is 0 Å². The number of rotatable bonds is 7. The maximum atomic E-state index is 13.3. The fourth-order valence-electron chi connectivity index (χ4n) is 2.16. The molecule has 1 aromatic carbocycles. The number of carbonyl (C=O) groups is 1. The van der Waals surface area contributed by atoms with Crippen LogP contribution in [0.15, 0.2) is 24.3 Å². The first-order valence-electron chi connectivity index (χ1n) is 7.97. The number of hydrogen-bond donors (Lipinski definition) is 1. The molecule has 1 N–H and O–H groups in total. The van der Waals surface area contributed by atoms with Crippen LogP contribution in [0.5, 0.6) is 0 Å². The first-order chi connectivity index (χ1) is 11.0. The molecule has 0 aliphatic carbocycles. The Hall–Kier alpha value is -1.63. The number of ether oxygens (including phenoxy) is 1. The zero-order chi connectivity index (χ0) is 18.5. The molecule has 5 nitrogen and oxygen atoms in total. The molecule has 0 aromatic heterocycles. The average Bonchev–Trinajstić information content (AvgIpc) is 2.44. The number of hydrogen-bond acceptors (Lipinski definition) is 4. The molecule has 24 heavy (non-hydrogen) atoms. The number of amides is 1. The van der Waals surface area contributed by atoms with Gasteiger partial charge in [0.25, 0.3) is 0 Å². The van der Waals surface area contributed by atoms with Gasteiger partial charge in [-0.1, -0.05) is 26.0 Å². The smallest absolute Gasteiger partial charge is 0.407 e. The minimum Gasteiger partial charge on any atom is -0.447 e. The van der Waals surface area contributed by atoms with Crippen LogP contribution in [0.25, 0.3) is 0 Å². The third kappa shape index (κ3) is 6.11. The van der Waals surface area contributed by atoms with Crippen LogP contribution in [0.1, 0.15) is 45.4 Å². The molecule has 0 aliphatic rings. The molecule has 0 saturated carbocycles. The summed E-state index contributed by atoms with van der Waals surface area (Å²) in [7, 11) is -3.59. The van der Waals surface area contributed by atoms with Crippen LogP contribution < -0.4 is 5.32 Å². The fraction of sp³-hybridized carbons (Fsp3) is 0.588. The minimum atomic E-state index is -3.59. The van der Waals surface area contributed by atoms with Gasteiger partial charge in [0, 0.05) is 6.04 Å². The average molecular weight is 359 g/mol. The molecule has 0 aliphatic heterocycles. The Morgan fingerprint density at radius 3 is 2.33 bits per heavy atom. The number of halogens is 1. The lowest BCUT2D eigenvalue weighted by Crippen LogP contribution is -2.44. The van der Waals surface area contributed by atoms with Gasteiger partial charge in [-0.25, -0.2) is 17.6 Å². The largest absolute Gasteiger partial charge is 0.447 e. The van der Waals surface area contributed by atoms with Crippen molar-refractivity contribution in [3.05, 3.63) is 35.6 Å². The zero-order valence-corrected chi connectivity index (χ0v) is 15.6. The van der Waals surface area contributed by atoms with Crippen molar-refractivity contribution in [2.75, 3.05) is 5.75 Å². The Morgan fingerprint density at radius 2 is 1.83 bits per heavy atom. The van der Waals surface area contributed by atoms with Gasteiger partial charge in [-0.3, -0.25) is 0 Å². The summed E-state index contributed by atoms with van der Waals surface area (Å²) in [6.07, 6.45) is -0.932. The zero-order valence-electron chi connectivity index (χ0n) is 14.7. The van der Waals surface area contributed by atoms with E-state index in [0.29, 0.717) is 5.56 Å². The van der Waals surface area contributed by atoms with E-state index in [1.165, 1.54) is 25.1 Å². The maximum absolute atomic E-state index is 13.3. The van der Waals surface area contributed by atoms with Crippen LogP contribution in [-0.2, 0) is 14.6 Å². The van der Waals surface area contributed by atoms with E-state index in [4.69, 9.17) is 4.74 Å². The number of sulfone groups is 1. The predicted octanol–water partition coefficient (Wildman–Crippen LogP) is 3.46. The Balaban J connectivity index is 2.89. The highest BCUT2D eigenvalue weighted by Gasteiger charge is 2.29. The maximum Gasteiger partial charge on any atom is 0.407 e. The van der Waals surface area contributed by atoms with E-state index in [1.54, 1.807) is 19.9 Å². The molecule has 136 valence electrons. The van der Waals surface area contributed by atoms with Crippen molar-refractivity contribution in [2.24, 2.45) is 5.92 Å². The summed E-state index contributed by atoms with van der Waals surface area (Å²) in [6.45, 7) is 8.60. The summed E-state index contributed by atoms with van der Waals surface area (Å²) in [6, 6.07) is 4.96. The summed E-state index contributed by atoms with van der Waals surface area (Å²) >= 11 is 0. The molecule has 0 bridgehead atoms. The fourth-order valence-corrected chi connectivity index (χ4v) is 3.98. The van der Waals surface area contributed by atoms with Crippen LogP contribution in [0.3, 0.4) is 0 Å². The summed E-state index contributed by atoms with van der Waals surface area (Å²) in [5.41, 5.74) is 0.391. The quantitative estimate of drug-likeness (QED) is 0.809. The number of carbonyl (C=O) groups excluding carboxylic acids is 1. The summed E-state index contributed by atoms with van der Waals surface area (Å²) < 4.78 is 43.6. The summed E-state index contributed by atoms with van der Waals surface area (Å²) in [5, 5.41) is 1.74. The molecular weight excluding hydrogens is 333 g/mol. The first-order valence-corrected chi connectivity index (χ1v) is 9.68. The van der Waals surface area contributed by atoms with E-state index >= 15 is 0 Å². The van der Waals surface area contributed by atoms with Gasteiger partial charge < -0.3 is 10.1 Å². The second-order valence-electron chi connectivity index (χ2n) is 6.48. The van der Waals surface area contributed by atoms with Crippen LogP contribution >= 0.6 is 0 Å². The Morgan fingerprint density at radius 1 is 1.21 bits per heavy atom. The highest BCUT2D eigenvalue weighted by Crippen LogP contribution is 2.24. The Kier molecular flexibility index (Phi) is 7.20. The monoisotopic (exact) mass is 359 g/mol. The van der Waals surface area contributed by atoms with E-state index in [2.05, 4.69) is 5.32 Å². The van der Waals surface area contributed by atoms with Crippen LogP contribution in [-0.4, -0.2) is 32.4 Å². The van der Waals surface area contributed by atoms with Gasteiger partial charge >= 0.3 is 6.09 Å². The molecule has 1 amide bonds. The molecule has 7 heteroatoms. The predicted molar refractivity (Wildman–Crippen MR) is 92.0 cm³/mol. The summed E-state index contributed by atoms with van der Waals surface area (Å²) in [5.74, 6) is -0.817. The number of benzene rings is 1. The molecular formula is C17H26FNO4S. The van der Waals surface area contributed by atoms with Crippen molar-refractivity contribution >= 4 is 15.9 Å². The van der Waals surface area contributed by atoms with Crippen LogP contribution in [0, 0.1) is 11.7 Å². The third-order valence-corrected chi connectivity index (χ3v) is 5.89. The van der Waals surface area contributed by atoms with E-state index in [0.717, 1.165) is 0 Å². The Labute approximate surface area is 143 Å². The second kappa shape index (κ2) is 8.46. The van der Waals surface area contributed by atoms with Gasteiger partial charge in [0.2, 0.25) is 0 Å². The van der Waals surface area contributed by atoms with Crippen molar-refractivity contribution in [1.82, 2.24) is 5.32 Å². The van der Waals surface area contributed by atoms with Gasteiger partial charge in [0.05, 0.1) is 17.1 Å². The molecule has 0 saturated heterocycles. The van der Waals surface area contributed by atoms with Crippen LogP contribution in [0.2, 0.25) is 0 Å². The molecule has 0 radical (unpaired) electrons. The molecule has 2 unspecified atom stereocenters. The van der Waals surface area contributed by atoms with Crippen LogP contribution in [0.4, 0.5) is 9.18 Å². The highest BCUT2D eigenvalue weighted by atomic mass is 32.2. The normalized spacial score (nSPS) is 14.5. The molecule has 0 fully saturated rings. The van der Waals surface area contributed by atoms with Crippen molar-refractivity contribution in [1.29, 1.82) is 0 Å². The lowest BCUT2D eigenvalue weighted by Gasteiger charge is -2.24. The molecule has 1 aromatic rings. The minimum absolute atomic E-state index is 0.0980. The van der Waals surface area contributed by atoms with Gasteiger partial charge in [0.1, 0.15) is 5.82 Å². The lowest BCUT2D eigenvalue weighted by molar-refractivity contribution is 0.111. The van der Waals surface area contributed by atoms with Crippen molar-refractivity contribution in [3.8, 4) is 0 Å². The van der Waals surface area contributed by atoms with Gasteiger partial charge in [-0.15, -0.1) is 0 Å². The first kappa shape index (κ1) is 20.4. The van der Waals surface area contributed by atoms with Gasteiger partial charge in [-0.05, 0) is 44.4 Å². The van der Waals surface area contributed by atoms with Crippen molar-refractivity contribution < 1.29 is 22.3 Å². The molecule has 0 heterocycles. The number of alkyl carbamates (subject to hydrolysis) is 1. The molecule has 2 atom stereocenters.